The predicted molar refractivity (Wildman–Crippen MR) is 109 cm³/mol. The van der Waals surface area contributed by atoms with Gasteiger partial charge in [0, 0.05) is 24.1 Å². The van der Waals surface area contributed by atoms with E-state index in [2.05, 4.69) is 10.3 Å². The van der Waals surface area contributed by atoms with Gasteiger partial charge in [0.2, 0.25) is 0 Å². The Morgan fingerprint density at radius 2 is 1.97 bits per heavy atom. The molecule has 0 fully saturated rings. The summed E-state index contributed by atoms with van der Waals surface area (Å²) in [6.45, 7) is 5.78. The first kappa shape index (κ1) is 21.7. The summed E-state index contributed by atoms with van der Waals surface area (Å²) in [4.78, 5) is 25.0. The van der Waals surface area contributed by atoms with Crippen LogP contribution in [0.4, 0.5) is 0 Å². The summed E-state index contributed by atoms with van der Waals surface area (Å²) < 4.78 is 7.09. The van der Waals surface area contributed by atoms with Gasteiger partial charge in [-0.05, 0) is 26.3 Å². The minimum Gasteiger partial charge on any atom is -0.507 e. The van der Waals surface area contributed by atoms with Crippen LogP contribution in [0.1, 0.15) is 43.1 Å². The van der Waals surface area contributed by atoms with Crippen LogP contribution in [0.25, 0.3) is 17.1 Å². The lowest BCUT2D eigenvalue weighted by atomic mass is 9.99. The summed E-state index contributed by atoms with van der Waals surface area (Å²) in [6, 6.07) is 1.42. The molecular weight excluding hydrogens is 390 g/mol. The molecule has 160 valence electrons. The van der Waals surface area contributed by atoms with Gasteiger partial charge < -0.3 is 20.1 Å². The molecule has 1 aromatic heterocycles. The summed E-state index contributed by atoms with van der Waals surface area (Å²) in [5.41, 5.74) is 1.15. The first-order valence-corrected chi connectivity index (χ1v) is 9.79. The zero-order valence-electron chi connectivity index (χ0n) is 17.0. The van der Waals surface area contributed by atoms with E-state index in [1.165, 1.54) is 30.4 Å². The molecule has 1 aliphatic heterocycles. The van der Waals surface area contributed by atoms with Crippen LogP contribution in [0.5, 0.6) is 5.75 Å². The minimum atomic E-state index is -1.58. The molecule has 0 aliphatic carbocycles. The second kappa shape index (κ2) is 8.76. The van der Waals surface area contributed by atoms with E-state index in [1.54, 1.807) is 18.5 Å². The first-order chi connectivity index (χ1) is 14.2. The number of carbonyl (C=O) groups is 2. The molecule has 3 rings (SSSR count). The van der Waals surface area contributed by atoms with Gasteiger partial charge in [0.25, 0.3) is 0 Å². The summed E-state index contributed by atoms with van der Waals surface area (Å²) in [5, 5.41) is 39.0. The number of ether oxygens (including phenoxy) is 1. The fourth-order valence-electron chi connectivity index (χ4n) is 3.20. The number of aryl methyl sites for hydroxylation is 1. The number of phenolic OH excluding ortho intramolecular Hbond substituents is 1. The Labute approximate surface area is 173 Å². The molecule has 4 atom stereocenters. The molecule has 9 nitrogen and oxygen atoms in total. The Morgan fingerprint density at radius 3 is 2.67 bits per heavy atom. The van der Waals surface area contributed by atoms with E-state index in [1.807, 2.05) is 6.92 Å². The number of ketones is 1. The second-order valence-corrected chi connectivity index (χ2v) is 7.34. The van der Waals surface area contributed by atoms with Crippen LogP contribution in [-0.2, 0) is 16.1 Å². The number of cyclic esters (lactones) is 1. The zero-order chi connectivity index (χ0) is 22.0. The number of benzene rings is 1. The van der Waals surface area contributed by atoms with E-state index in [0.29, 0.717) is 17.6 Å². The molecule has 0 radical (unpaired) electrons. The van der Waals surface area contributed by atoms with Gasteiger partial charge in [-0.1, -0.05) is 30.4 Å². The number of aliphatic hydroxyl groups is 2. The van der Waals surface area contributed by atoms with Crippen LogP contribution >= 0.6 is 0 Å². The molecule has 0 spiro atoms. The highest BCUT2D eigenvalue weighted by atomic mass is 16.5. The van der Waals surface area contributed by atoms with Crippen LogP contribution in [0.3, 0.4) is 0 Å². The average Bonchev–Trinajstić information content (AvgIpc) is 3.12. The van der Waals surface area contributed by atoms with E-state index in [4.69, 9.17) is 4.74 Å². The largest absolute Gasteiger partial charge is 0.507 e. The van der Waals surface area contributed by atoms with Gasteiger partial charge in [-0.15, -0.1) is 5.10 Å². The maximum absolute atomic E-state index is 12.9. The highest BCUT2D eigenvalue weighted by Gasteiger charge is 2.27. The molecule has 1 aliphatic rings. The molecule has 30 heavy (non-hydrogen) atoms. The third-order valence-corrected chi connectivity index (χ3v) is 5.25. The molecule has 0 saturated heterocycles. The van der Waals surface area contributed by atoms with Crippen LogP contribution in [0.2, 0.25) is 0 Å². The highest BCUT2D eigenvalue weighted by Crippen LogP contribution is 2.32. The number of nitrogens with zero attached hydrogens (tertiary/aromatic N) is 3. The van der Waals surface area contributed by atoms with Crippen molar-refractivity contribution in [1.82, 2.24) is 15.0 Å². The van der Waals surface area contributed by atoms with Gasteiger partial charge in [0.1, 0.15) is 29.0 Å². The van der Waals surface area contributed by atoms with Gasteiger partial charge >= 0.3 is 5.97 Å². The molecule has 0 amide bonds. The predicted octanol–water partition coefficient (Wildman–Crippen LogP) is 1.60. The zero-order valence-corrected chi connectivity index (χ0v) is 17.0. The molecule has 0 saturated carbocycles. The SMILES string of the molecule is CCn1nnc2c3c(c(O)cc21)C(=O)O[C@@H](C)[C@H](C)/C=C\C(=O)[C@@H](O)[C@@H](O)CC=C3. The van der Waals surface area contributed by atoms with Gasteiger partial charge in [-0.25, -0.2) is 9.48 Å². The number of fused-ring (bicyclic) bond motifs is 3. The summed E-state index contributed by atoms with van der Waals surface area (Å²) in [7, 11) is 0. The number of esters is 1. The quantitative estimate of drug-likeness (QED) is 0.598. The van der Waals surface area contributed by atoms with Crippen molar-refractivity contribution in [2.75, 3.05) is 0 Å². The molecule has 2 aromatic rings. The summed E-state index contributed by atoms with van der Waals surface area (Å²) in [6.07, 6.45) is 2.10. The van der Waals surface area contributed by atoms with E-state index in [-0.39, 0.29) is 29.2 Å². The Bertz CT molecular complexity index is 1030. The lowest BCUT2D eigenvalue weighted by molar-refractivity contribution is -0.127. The molecule has 1 aromatic carbocycles. The van der Waals surface area contributed by atoms with Crippen LogP contribution in [0.15, 0.2) is 24.3 Å². The molecular formula is C21H25N3O6. The molecule has 0 bridgehead atoms. The van der Waals surface area contributed by atoms with Crippen molar-refractivity contribution in [2.45, 2.75) is 52.0 Å². The number of carbonyl (C=O) groups excluding carboxylic acids is 2. The number of aliphatic hydroxyl groups excluding tert-OH is 2. The fourth-order valence-corrected chi connectivity index (χ4v) is 3.20. The monoisotopic (exact) mass is 415 g/mol. The summed E-state index contributed by atoms with van der Waals surface area (Å²) in [5.74, 6) is -2.00. The van der Waals surface area contributed by atoms with Gasteiger partial charge in [-0.3, -0.25) is 4.79 Å². The van der Waals surface area contributed by atoms with E-state index in [0.717, 1.165) is 0 Å². The highest BCUT2D eigenvalue weighted by molar-refractivity contribution is 6.03. The van der Waals surface area contributed by atoms with Crippen molar-refractivity contribution in [2.24, 2.45) is 5.92 Å². The van der Waals surface area contributed by atoms with E-state index < -0.39 is 30.1 Å². The maximum Gasteiger partial charge on any atom is 0.342 e. The van der Waals surface area contributed by atoms with Crippen molar-refractivity contribution in [3.8, 4) is 5.75 Å². The Hall–Kier alpha value is -3.04. The van der Waals surface area contributed by atoms with Crippen LogP contribution in [-0.4, -0.2) is 60.4 Å². The smallest absolute Gasteiger partial charge is 0.342 e. The number of rotatable bonds is 1. The molecule has 2 heterocycles. The van der Waals surface area contributed by atoms with Crippen molar-refractivity contribution < 1.29 is 29.6 Å². The number of hydrogen-bond acceptors (Lipinski definition) is 8. The molecule has 0 unspecified atom stereocenters. The minimum absolute atomic E-state index is 0.0553. The Kier molecular flexibility index (Phi) is 6.33. The maximum atomic E-state index is 12.9. The van der Waals surface area contributed by atoms with Crippen LogP contribution in [0, 0.1) is 5.92 Å². The Balaban J connectivity index is 2.16. The lowest BCUT2D eigenvalue weighted by Crippen LogP contribution is -2.32. The number of aromatic hydroxyl groups is 1. The van der Waals surface area contributed by atoms with Gasteiger partial charge in [-0.2, -0.15) is 0 Å². The third-order valence-electron chi connectivity index (χ3n) is 5.25. The number of aromatic nitrogens is 3. The standard InChI is InChI=1S/C21H25N3O6/c1-4-24-14-10-17(27)18-13(19(14)22-23-24)6-5-7-15(25)20(28)16(26)9-8-11(2)12(3)30-21(18)29/h5-6,8-12,15,20,25,27-28H,4,7H2,1-3H3/b6-5?,9-8-/t11-,12+,15+,20+/m1/s1. The summed E-state index contributed by atoms with van der Waals surface area (Å²) >= 11 is 0. The second-order valence-electron chi connectivity index (χ2n) is 7.34. The van der Waals surface area contributed by atoms with E-state index in [9.17, 15) is 24.9 Å². The van der Waals surface area contributed by atoms with Gasteiger partial charge in [0.15, 0.2) is 5.78 Å². The van der Waals surface area contributed by atoms with Crippen molar-refractivity contribution in [3.05, 3.63) is 35.4 Å². The van der Waals surface area contributed by atoms with Crippen LogP contribution < -0.4 is 0 Å². The van der Waals surface area contributed by atoms with Crippen molar-refractivity contribution >= 4 is 28.9 Å². The molecule has 9 heteroatoms. The fraction of sp³-hybridized carbons (Fsp3) is 0.429. The average molecular weight is 415 g/mol. The first-order valence-electron chi connectivity index (χ1n) is 9.79. The van der Waals surface area contributed by atoms with E-state index >= 15 is 0 Å². The van der Waals surface area contributed by atoms with Gasteiger partial charge in [0.05, 0.1) is 11.6 Å². The lowest BCUT2D eigenvalue weighted by Gasteiger charge is -2.20. The number of hydrogen-bond donors (Lipinski definition) is 3. The normalized spacial score (nSPS) is 26.8. The van der Waals surface area contributed by atoms with Crippen molar-refractivity contribution in [3.63, 3.8) is 0 Å². The molecule has 3 N–H and O–H groups in total. The van der Waals surface area contributed by atoms with Crippen molar-refractivity contribution in [1.29, 1.82) is 0 Å². The third kappa shape index (κ3) is 4.12. The topological polar surface area (TPSA) is 135 Å². The number of phenols is 1. The Morgan fingerprint density at radius 1 is 1.23 bits per heavy atom.